The van der Waals surface area contributed by atoms with Gasteiger partial charge in [0.05, 0.1) is 12.0 Å². The highest BCUT2D eigenvalue weighted by Gasteiger charge is 2.16. The largest absolute Gasteiger partial charge is 0.492 e. The molecule has 0 aliphatic heterocycles. The minimum atomic E-state index is -0.165. The summed E-state index contributed by atoms with van der Waals surface area (Å²) < 4.78 is 0. The summed E-state index contributed by atoms with van der Waals surface area (Å²) in [6.07, 6.45) is 0.105. The second-order valence-corrected chi connectivity index (χ2v) is 4.70. The number of hydrogen-bond donors (Lipinski definition) is 3. The van der Waals surface area contributed by atoms with Gasteiger partial charge in [-0.05, 0) is 12.1 Å². The van der Waals surface area contributed by atoms with Crippen molar-refractivity contribution >= 4 is 17.7 Å². The van der Waals surface area contributed by atoms with Gasteiger partial charge in [-0.25, -0.2) is 0 Å². The number of rotatable bonds is 4. The topological polar surface area (TPSA) is 78.0 Å². The van der Waals surface area contributed by atoms with Gasteiger partial charge >= 0.3 is 0 Å². The molecule has 1 aromatic carbocycles. The van der Waals surface area contributed by atoms with Gasteiger partial charge in [-0.2, -0.15) is 0 Å². The van der Waals surface area contributed by atoms with Gasteiger partial charge in [0, 0.05) is 11.9 Å². The molecule has 2 aromatic rings. The summed E-state index contributed by atoms with van der Waals surface area (Å²) in [6.45, 7) is 0. The Labute approximate surface area is 109 Å². The molecule has 6 heteroatoms. The third-order valence-corrected chi connectivity index (χ3v) is 3.44. The molecule has 5 nitrogen and oxygen atoms in total. The number of benzene rings is 1. The average molecular weight is 263 g/mol. The van der Waals surface area contributed by atoms with Gasteiger partial charge in [0.1, 0.15) is 5.03 Å². The fourth-order valence-corrected chi connectivity index (χ4v) is 2.35. The first-order chi connectivity index (χ1) is 8.70. The molecule has 94 valence electrons. The first-order valence-electron chi connectivity index (χ1n) is 5.40. The summed E-state index contributed by atoms with van der Waals surface area (Å²) in [6, 6.07) is 9.69. The molecule has 1 amide bonds. The van der Waals surface area contributed by atoms with Crippen LogP contribution in [0.3, 0.4) is 0 Å². The van der Waals surface area contributed by atoms with E-state index in [2.05, 4.69) is 15.5 Å². The molecular weight excluding hydrogens is 250 g/mol. The Kier molecular flexibility index (Phi) is 3.88. The number of likely N-dealkylation sites (N-methyl/N-ethyl adjacent to an activating group) is 1. The molecule has 1 aromatic heterocycles. The van der Waals surface area contributed by atoms with E-state index in [1.165, 1.54) is 11.8 Å². The Morgan fingerprint density at radius 3 is 2.83 bits per heavy atom. The van der Waals surface area contributed by atoms with E-state index in [-0.39, 0.29) is 18.2 Å². The zero-order chi connectivity index (χ0) is 13.0. The van der Waals surface area contributed by atoms with Crippen molar-refractivity contribution in [3.05, 3.63) is 35.9 Å². The maximum atomic E-state index is 11.4. The lowest BCUT2D eigenvalue weighted by molar-refractivity contribution is -0.120. The first-order valence-corrected chi connectivity index (χ1v) is 6.22. The fourth-order valence-electron chi connectivity index (χ4n) is 1.44. The highest BCUT2D eigenvalue weighted by atomic mass is 32.2. The van der Waals surface area contributed by atoms with Crippen LogP contribution in [0.25, 0.3) is 0 Å². The van der Waals surface area contributed by atoms with E-state index in [4.69, 9.17) is 0 Å². The molecule has 0 aliphatic rings. The van der Waals surface area contributed by atoms with Crippen LogP contribution in [0.5, 0.6) is 5.88 Å². The molecule has 0 unspecified atom stereocenters. The molecule has 0 saturated heterocycles. The van der Waals surface area contributed by atoms with Crippen molar-refractivity contribution in [1.82, 2.24) is 15.5 Å². The van der Waals surface area contributed by atoms with E-state index in [1.807, 2.05) is 30.3 Å². The van der Waals surface area contributed by atoms with Crippen LogP contribution in [0.15, 0.2) is 40.3 Å². The zero-order valence-electron chi connectivity index (χ0n) is 9.80. The molecule has 2 rings (SSSR count). The van der Waals surface area contributed by atoms with Crippen LogP contribution in [-0.2, 0) is 11.2 Å². The van der Waals surface area contributed by atoms with Crippen LogP contribution in [-0.4, -0.2) is 28.3 Å². The SMILES string of the molecule is CNC(=O)Cc1c(O)n[nH]c1Sc1ccccc1. The van der Waals surface area contributed by atoms with Crippen molar-refractivity contribution < 1.29 is 9.90 Å². The van der Waals surface area contributed by atoms with E-state index in [1.54, 1.807) is 7.05 Å². The number of aromatic hydroxyl groups is 1. The van der Waals surface area contributed by atoms with E-state index < -0.39 is 0 Å². The Morgan fingerprint density at radius 2 is 2.17 bits per heavy atom. The summed E-state index contributed by atoms with van der Waals surface area (Å²) in [5, 5.41) is 19.3. The number of H-pyrrole nitrogens is 1. The van der Waals surface area contributed by atoms with Gasteiger partial charge in [0.15, 0.2) is 0 Å². The minimum absolute atomic E-state index is 0.105. The molecule has 0 fully saturated rings. The second-order valence-electron chi connectivity index (χ2n) is 3.62. The number of nitrogens with one attached hydrogen (secondary N) is 2. The summed E-state index contributed by atoms with van der Waals surface area (Å²) >= 11 is 1.43. The normalized spacial score (nSPS) is 10.3. The van der Waals surface area contributed by atoms with Gasteiger partial charge < -0.3 is 10.4 Å². The van der Waals surface area contributed by atoms with E-state index in [0.29, 0.717) is 10.6 Å². The highest BCUT2D eigenvalue weighted by molar-refractivity contribution is 7.99. The third-order valence-electron chi connectivity index (χ3n) is 2.39. The van der Waals surface area contributed by atoms with Crippen LogP contribution in [0, 0.1) is 0 Å². The molecule has 3 N–H and O–H groups in total. The predicted molar refractivity (Wildman–Crippen MR) is 68.6 cm³/mol. The smallest absolute Gasteiger partial charge is 0.235 e. The molecule has 0 saturated carbocycles. The van der Waals surface area contributed by atoms with Gasteiger partial charge in [0.2, 0.25) is 11.8 Å². The number of carbonyl (C=O) groups excluding carboxylic acids is 1. The predicted octanol–water partition coefficient (Wildman–Crippen LogP) is 1.55. The van der Waals surface area contributed by atoms with Crippen LogP contribution >= 0.6 is 11.8 Å². The number of hydrogen-bond acceptors (Lipinski definition) is 4. The van der Waals surface area contributed by atoms with Crippen LogP contribution in [0.4, 0.5) is 0 Å². The zero-order valence-corrected chi connectivity index (χ0v) is 10.6. The van der Waals surface area contributed by atoms with Crippen molar-refractivity contribution in [3.63, 3.8) is 0 Å². The Hall–Kier alpha value is -1.95. The quantitative estimate of drug-likeness (QED) is 0.782. The number of nitrogens with zero attached hydrogens (tertiary/aromatic N) is 1. The lowest BCUT2D eigenvalue weighted by Gasteiger charge is -2.02. The Bertz CT molecular complexity index is 540. The molecule has 1 heterocycles. The molecule has 18 heavy (non-hydrogen) atoms. The number of aromatic amines is 1. The molecule has 0 bridgehead atoms. The average Bonchev–Trinajstić information content (AvgIpc) is 2.72. The number of amides is 1. The van der Waals surface area contributed by atoms with Crippen LogP contribution in [0.2, 0.25) is 0 Å². The van der Waals surface area contributed by atoms with E-state index >= 15 is 0 Å². The van der Waals surface area contributed by atoms with E-state index in [9.17, 15) is 9.90 Å². The van der Waals surface area contributed by atoms with Gasteiger partial charge in [-0.3, -0.25) is 9.89 Å². The van der Waals surface area contributed by atoms with Crippen LogP contribution in [0.1, 0.15) is 5.56 Å². The summed E-state index contributed by atoms with van der Waals surface area (Å²) in [5.74, 6) is -0.293. The molecule has 0 aliphatic carbocycles. The summed E-state index contributed by atoms with van der Waals surface area (Å²) in [4.78, 5) is 12.4. The fraction of sp³-hybridized carbons (Fsp3) is 0.167. The van der Waals surface area contributed by atoms with Crippen molar-refractivity contribution in [2.75, 3.05) is 7.05 Å². The lowest BCUT2D eigenvalue weighted by atomic mass is 10.2. The van der Waals surface area contributed by atoms with E-state index in [0.717, 1.165) is 4.90 Å². The Morgan fingerprint density at radius 1 is 1.44 bits per heavy atom. The first kappa shape index (κ1) is 12.5. The van der Waals surface area contributed by atoms with Crippen LogP contribution < -0.4 is 5.32 Å². The third kappa shape index (κ3) is 2.84. The van der Waals surface area contributed by atoms with Crippen molar-refractivity contribution in [2.24, 2.45) is 0 Å². The summed E-state index contributed by atoms with van der Waals surface area (Å²) in [5.41, 5.74) is 0.517. The molecule has 0 atom stereocenters. The highest BCUT2D eigenvalue weighted by Crippen LogP contribution is 2.32. The second kappa shape index (κ2) is 5.59. The number of aromatic nitrogens is 2. The molecular formula is C12H13N3O2S. The minimum Gasteiger partial charge on any atom is -0.492 e. The summed E-state index contributed by atoms with van der Waals surface area (Å²) in [7, 11) is 1.56. The van der Waals surface area contributed by atoms with Gasteiger partial charge in [-0.15, -0.1) is 5.10 Å². The number of carbonyl (C=O) groups is 1. The standard InChI is InChI=1S/C12H13N3O2S/c1-13-10(16)7-9-11(17)14-15-12(9)18-8-5-3-2-4-6-8/h2-6H,7H2,1H3,(H,13,16)(H2,14,15,17). The monoisotopic (exact) mass is 263 g/mol. The van der Waals surface area contributed by atoms with Gasteiger partial charge in [0.25, 0.3) is 0 Å². The van der Waals surface area contributed by atoms with Crippen molar-refractivity contribution in [2.45, 2.75) is 16.3 Å². The molecule has 0 spiro atoms. The maximum Gasteiger partial charge on any atom is 0.235 e. The lowest BCUT2D eigenvalue weighted by Crippen LogP contribution is -2.20. The molecule has 0 radical (unpaired) electrons. The maximum absolute atomic E-state index is 11.4. The van der Waals surface area contributed by atoms with Crippen molar-refractivity contribution in [1.29, 1.82) is 0 Å². The van der Waals surface area contributed by atoms with Crippen molar-refractivity contribution in [3.8, 4) is 5.88 Å². The Balaban J connectivity index is 2.21. The van der Waals surface area contributed by atoms with Gasteiger partial charge in [-0.1, -0.05) is 30.0 Å².